The monoisotopic (exact) mass is 366 g/mol. The highest BCUT2D eigenvalue weighted by atomic mass is 35.5. The van der Waals surface area contributed by atoms with Gasteiger partial charge in [-0.3, -0.25) is 4.79 Å². The Morgan fingerprint density at radius 1 is 1.00 bits per heavy atom. The van der Waals surface area contributed by atoms with Gasteiger partial charge in [0.25, 0.3) is 5.91 Å². The third kappa shape index (κ3) is 4.46. The Morgan fingerprint density at radius 2 is 1.73 bits per heavy atom. The molecule has 0 fully saturated rings. The maximum atomic E-state index is 12.2. The molecule has 5 nitrogen and oxygen atoms in total. The molecule has 3 aromatic rings. The molecular formula is C20H15ClN2O3. The summed E-state index contributed by atoms with van der Waals surface area (Å²) in [5, 5.41) is 3.13. The van der Waals surface area contributed by atoms with Gasteiger partial charge in [-0.15, -0.1) is 0 Å². The number of amides is 1. The smallest absolute Gasteiger partial charge is 0.357 e. The van der Waals surface area contributed by atoms with E-state index in [0.717, 1.165) is 11.1 Å². The second kappa shape index (κ2) is 8.27. The molecule has 0 spiro atoms. The summed E-state index contributed by atoms with van der Waals surface area (Å²) in [7, 11) is 0. The number of anilines is 1. The van der Waals surface area contributed by atoms with Crippen molar-refractivity contribution in [3.05, 3.63) is 83.6 Å². The van der Waals surface area contributed by atoms with Crippen molar-refractivity contribution in [3.63, 3.8) is 0 Å². The highest BCUT2D eigenvalue weighted by Crippen LogP contribution is 2.27. The number of nitrogens with one attached hydrogen (secondary N) is 1. The zero-order valence-electron chi connectivity index (χ0n) is 13.7. The van der Waals surface area contributed by atoms with Crippen molar-refractivity contribution in [2.45, 2.75) is 0 Å². The van der Waals surface area contributed by atoms with Crippen molar-refractivity contribution in [3.8, 4) is 11.1 Å². The van der Waals surface area contributed by atoms with E-state index in [1.807, 2.05) is 48.5 Å². The van der Waals surface area contributed by atoms with E-state index in [9.17, 15) is 9.59 Å². The lowest BCUT2D eigenvalue weighted by Gasteiger charge is -2.11. The van der Waals surface area contributed by atoms with Gasteiger partial charge >= 0.3 is 5.97 Å². The number of ether oxygens (including phenoxy) is 1. The van der Waals surface area contributed by atoms with Crippen LogP contribution in [0.2, 0.25) is 5.02 Å². The van der Waals surface area contributed by atoms with Crippen LogP contribution in [0.4, 0.5) is 5.69 Å². The molecule has 26 heavy (non-hydrogen) atoms. The Morgan fingerprint density at radius 3 is 2.50 bits per heavy atom. The molecule has 1 heterocycles. The molecule has 0 saturated carbocycles. The molecule has 0 aliphatic heterocycles. The molecule has 0 saturated heterocycles. The molecule has 0 radical (unpaired) electrons. The maximum Gasteiger partial charge on any atom is 0.357 e. The highest BCUT2D eigenvalue weighted by molar-refractivity contribution is 6.30. The molecule has 130 valence electrons. The number of halogens is 1. The van der Waals surface area contributed by atoms with Gasteiger partial charge < -0.3 is 10.1 Å². The fraction of sp³-hybridized carbons (Fsp3) is 0.0500. The first-order valence-corrected chi connectivity index (χ1v) is 8.24. The largest absolute Gasteiger partial charge is 0.451 e. The lowest BCUT2D eigenvalue weighted by atomic mass is 10.0. The minimum absolute atomic E-state index is 0.0509. The molecule has 0 bridgehead atoms. The standard InChI is InChI=1S/C20H15ClN2O3/c21-15-10-11-22-18(12-15)20(25)26-13-19(24)23-17-9-5-4-8-16(17)14-6-2-1-3-7-14/h1-12H,13H2,(H,23,24). The lowest BCUT2D eigenvalue weighted by Crippen LogP contribution is -2.21. The molecule has 1 N–H and O–H groups in total. The summed E-state index contributed by atoms with van der Waals surface area (Å²) in [6.45, 7) is -0.420. The zero-order valence-corrected chi connectivity index (χ0v) is 14.4. The van der Waals surface area contributed by atoms with E-state index in [-0.39, 0.29) is 5.69 Å². The van der Waals surface area contributed by atoms with Crippen molar-refractivity contribution in [2.75, 3.05) is 11.9 Å². The number of para-hydroxylation sites is 1. The first-order valence-electron chi connectivity index (χ1n) is 7.86. The van der Waals surface area contributed by atoms with Crippen molar-refractivity contribution in [1.82, 2.24) is 4.98 Å². The second-order valence-electron chi connectivity index (χ2n) is 5.40. The van der Waals surface area contributed by atoms with Crippen LogP contribution in [0.15, 0.2) is 72.9 Å². The van der Waals surface area contributed by atoms with Crippen LogP contribution in [-0.4, -0.2) is 23.5 Å². The third-order valence-electron chi connectivity index (χ3n) is 3.55. The van der Waals surface area contributed by atoms with Crippen LogP contribution in [-0.2, 0) is 9.53 Å². The first kappa shape index (κ1) is 17.6. The van der Waals surface area contributed by atoms with Gasteiger partial charge in [-0.25, -0.2) is 9.78 Å². The number of aromatic nitrogens is 1. The summed E-state index contributed by atoms with van der Waals surface area (Å²) in [5.41, 5.74) is 2.54. The van der Waals surface area contributed by atoms with Crippen LogP contribution >= 0.6 is 11.6 Å². The summed E-state index contributed by atoms with van der Waals surface area (Å²) < 4.78 is 4.99. The van der Waals surface area contributed by atoms with Crippen molar-refractivity contribution in [2.24, 2.45) is 0 Å². The minimum atomic E-state index is -0.709. The first-order chi connectivity index (χ1) is 12.6. The average Bonchev–Trinajstić information content (AvgIpc) is 2.67. The molecular weight excluding hydrogens is 352 g/mol. The molecule has 1 aromatic heterocycles. The Labute approximate surface area is 155 Å². The number of carbonyl (C=O) groups is 2. The van der Waals surface area contributed by atoms with E-state index in [1.165, 1.54) is 12.3 Å². The van der Waals surface area contributed by atoms with Crippen LogP contribution in [0.1, 0.15) is 10.5 Å². The van der Waals surface area contributed by atoms with Crippen molar-refractivity contribution < 1.29 is 14.3 Å². The summed E-state index contributed by atoms with van der Waals surface area (Å²) in [6, 6.07) is 20.0. The van der Waals surface area contributed by atoms with Crippen LogP contribution in [0, 0.1) is 0 Å². The predicted octanol–water partition coefficient (Wildman–Crippen LogP) is 4.20. The van der Waals surface area contributed by atoms with Gasteiger partial charge in [0.05, 0.1) is 0 Å². The average molecular weight is 367 g/mol. The van der Waals surface area contributed by atoms with Crippen LogP contribution in [0.3, 0.4) is 0 Å². The number of nitrogens with zero attached hydrogens (tertiary/aromatic N) is 1. The Bertz CT molecular complexity index is 929. The van der Waals surface area contributed by atoms with E-state index in [4.69, 9.17) is 16.3 Å². The van der Waals surface area contributed by atoms with Crippen molar-refractivity contribution in [1.29, 1.82) is 0 Å². The number of pyridine rings is 1. The van der Waals surface area contributed by atoms with Gasteiger partial charge in [-0.2, -0.15) is 0 Å². The molecule has 0 aliphatic carbocycles. The van der Waals surface area contributed by atoms with E-state index >= 15 is 0 Å². The van der Waals surface area contributed by atoms with E-state index < -0.39 is 18.5 Å². The Hall–Kier alpha value is -3.18. The fourth-order valence-corrected chi connectivity index (χ4v) is 2.53. The summed E-state index contributed by atoms with van der Waals surface area (Å²) >= 11 is 5.81. The number of benzene rings is 2. The van der Waals surface area contributed by atoms with Crippen LogP contribution in [0.25, 0.3) is 11.1 Å². The summed E-state index contributed by atoms with van der Waals surface area (Å²) in [5.74, 6) is -1.15. The van der Waals surface area contributed by atoms with Gasteiger partial charge in [-0.1, -0.05) is 60.1 Å². The number of rotatable bonds is 5. The predicted molar refractivity (Wildman–Crippen MR) is 100 cm³/mol. The maximum absolute atomic E-state index is 12.2. The molecule has 3 rings (SSSR count). The summed E-state index contributed by atoms with van der Waals surface area (Å²) in [6.07, 6.45) is 1.40. The Balaban J connectivity index is 1.65. The fourth-order valence-electron chi connectivity index (χ4n) is 2.37. The van der Waals surface area contributed by atoms with E-state index in [1.54, 1.807) is 12.1 Å². The number of hydrogen-bond donors (Lipinski definition) is 1. The van der Waals surface area contributed by atoms with E-state index in [2.05, 4.69) is 10.3 Å². The molecule has 0 unspecified atom stereocenters. The van der Waals surface area contributed by atoms with Crippen LogP contribution < -0.4 is 5.32 Å². The quantitative estimate of drug-likeness (QED) is 0.687. The molecule has 6 heteroatoms. The molecule has 0 aliphatic rings. The molecule has 1 amide bonds. The number of esters is 1. The lowest BCUT2D eigenvalue weighted by molar-refractivity contribution is -0.119. The van der Waals surface area contributed by atoms with Crippen molar-refractivity contribution >= 4 is 29.2 Å². The van der Waals surface area contributed by atoms with Gasteiger partial charge in [0, 0.05) is 22.5 Å². The second-order valence-corrected chi connectivity index (χ2v) is 5.83. The zero-order chi connectivity index (χ0) is 18.4. The van der Waals surface area contributed by atoms with Gasteiger partial charge in [-0.05, 0) is 23.8 Å². The summed E-state index contributed by atoms with van der Waals surface area (Å²) in [4.78, 5) is 27.9. The third-order valence-corrected chi connectivity index (χ3v) is 3.79. The van der Waals surface area contributed by atoms with Gasteiger partial charge in [0.2, 0.25) is 0 Å². The highest BCUT2D eigenvalue weighted by Gasteiger charge is 2.13. The molecule has 0 atom stereocenters. The van der Waals surface area contributed by atoms with E-state index in [0.29, 0.717) is 10.7 Å². The van der Waals surface area contributed by atoms with Crippen LogP contribution in [0.5, 0.6) is 0 Å². The normalized spacial score (nSPS) is 10.2. The Kier molecular flexibility index (Phi) is 5.61. The number of carbonyl (C=O) groups excluding carboxylic acids is 2. The van der Waals surface area contributed by atoms with Gasteiger partial charge in [0.1, 0.15) is 5.69 Å². The molecule has 2 aromatic carbocycles. The SMILES string of the molecule is O=C(COC(=O)c1cc(Cl)ccn1)Nc1ccccc1-c1ccccc1. The van der Waals surface area contributed by atoms with Gasteiger partial charge in [0.15, 0.2) is 6.61 Å². The number of hydrogen-bond acceptors (Lipinski definition) is 4. The topological polar surface area (TPSA) is 68.3 Å². The minimum Gasteiger partial charge on any atom is -0.451 e.